The minimum atomic E-state index is -0.336. The lowest BCUT2D eigenvalue weighted by atomic mass is 10.0. The molecule has 1 aromatic heterocycles. The molecular formula is C15H20N4O2. The highest BCUT2D eigenvalue weighted by Crippen LogP contribution is 2.23. The van der Waals surface area contributed by atoms with Gasteiger partial charge in [-0.15, -0.1) is 0 Å². The zero-order chi connectivity index (χ0) is 15.6. The van der Waals surface area contributed by atoms with Crippen molar-refractivity contribution < 1.29 is 4.92 Å². The number of rotatable bonds is 5. The fourth-order valence-electron chi connectivity index (χ4n) is 2.19. The molecule has 6 nitrogen and oxygen atoms in total. The Morgan fingerprint density at radius 2 is 2.14 bits per heavy atom. The maximum atomic E-state index is 11.0. The molecule has 0 spiro atoms. The van der Waals surface area contributed by atoms with E-state index in [1.807, 2.05) is 37.8 Å². The third-order valence-electron chi connectivity index (χ3n) is 3.87. The fourth-order valence-corrected chi connectivity index (χ4v) is 2.19. The Balaban J connectivity index is 2.10. The Labute approximate surface area is 123 Å². The van der Waals surface area contributed by atoms with E-state index in [9.17, 15) is 10.1 Å². The molecule has 1 heterocycles. The molecule has 1 N–H and O–H groups in total. The highest BCUT2D eigenvalue weighted by atomic mass is 16.6. The number of hydrogen-bond acceptors (Lipinski definition) is 4. The van der Waals surface area contributed by atoms with Crippen LogP contribution in [0.1, 0.15) is 35.3 Å². The molecule has 0 saturated heterocycles. The highest BCUT2D eigenvalue weighted by Gasteiger charge is 2.14. The van der Waals surface area contributed by atoms with Crippen LogP contribution in [0.15, 0.2) is 24.4 Å². The van der Waals surface area contributed by atoms with E-state index in [-0.39, 0.29) is 16.7 Å². The predicted octanol–water partition coefficient (Wildman–Crippen LogP) is 2.80. The Morgan fingerprint density at radius 3 is 2.71 bits per heavy atom. The van der Waals surface area contributed by atoms with Crippen molar-refractivity contribution in [3.05, 3.63) is 56.9 Å². The van der Waals surface area contributed by atoms with E-state index in [0.29, 0.717) is 12.1 Å². The van der Waals surface area contributed by atoms with Crippen LogP contribution >= 0.6 is 0 Å². The van der Waals surface area contributed by atoms with Crippen molar-refractivity contribution in [2.45, 2.75) is 33.4 Å². The van der Waals surface area contributed by atoms with Crippen LogP contribution in [-0.4, -0.2) is 14.7 Å². The van der Waals surface area contributed by atoms with Gasteiger partial charge in [0.15, 0.2) is 0 Å². The summed E-state index contributed by atoms with van der Waals surface area (Å²) in [6, 6.07) is 5.39. The minimum Gasteiger partial charge on any atom is -0.306 e. The number of hydrogen-bond donors (Lipinski definition) is 1. The Bertz CT molecular complexity index is 664. The lowest BCUT2D eigenvalue weighted by molar-refractivity contribution is -0.385. The van der Waals surface area contributed by atoms with E-state index >= 15 is 0 Å². The maximum Gasteiger partial charge on any atom is 0.272 e. The van der Waals surface area contributed by atoms with E-state index in [1.54, 1.807) is 19.1 Å². The van der Waals surface area contributed by atoms with Gasteiger partial charge < -0.3 is 5.32 Å². The molecule has 0 fully saturated rings. The zero-order valence-electron chi connectivity index (χ0n) is 12.8. The van der Waals surface area contributed by atoms with Gasteiger partial charge in [-0.3, -0.25) is 14.8 Å². The van der Waals surface area contributed by atoms with Gasteiger partial charge in [0.2, 0.25) is 0 Å². The molecule has 0 amide bonds. The van der Waals surface area contributed by atoms with Crippen LogP contribution in [0, 0.1) is 24.0 Å². The van der Waals surface area contributed by atoms with E-state index in [4.69, 9.17) is 0 Å². The molecule has 21 heavy (non-hydrogen) atoms. The third kappa shape index (κ3) is 3.28. The Morgan fingerprint density at radius 1 is 1.43 bits per heavy atom. The van der Waals surface area contributed by atoms with Crippen LogP contribution in [-0.2, 0) is 13.6 Å². The molecule has 0 aliphatic heterocycles. The Hall–Kier alpha value is -2.21. The van der Waals surface area contributed by atoms with E-state index in [0.717, 1.165) is 16.8 Å². The zero-order valence-corrected chi connectivity index (χ0v) is 12.8. The summed E-state index contributed by atoms with van der Waals surface area (Å²) in [7, 11) is 1.91. The lowest BCUT2D eigenvalue weighted by Gasteiger charge is -2.14. The standard InChI is InChI=1S/C15H20N4O2/c1-10-5-6-13(7-15(10)19(20)21)11(2)16-8-14-9-17-18(4)12(14)3/h5-7,9,11,16H,8H2,1-4H3. The van der Waals surface area contributed by atoms with Crippen LogP contribution in [0.3, 0.4) is 0 Å². The average Bonchev–Trinajstić information content (AvgIpc) is 2.76. The summed E-state index contributed by atoms with van der Waals surface area (Å²) in [6.45, 7) is 6.45. The summed E-state index contributed by atoms with van der Waals surface area (Å²) >= 11 is 0. The molecular weight excluding hydrogens is 268 g/mol. The monoisotopic (exact) mass is 288 g/mol. The van der Waals surface area contributed by atoms with E-state index in [2.05, 4.69) is 10.4 Å². The SMILES string of the molecule is Cc1ccc(C(C)NCc2cnn(C)c2C)cc1[N+](=O)[O-]. The number of nitrogens with one attached hydrogen (secondary N) is 1. The molecule has 0 aliphatic rings. The molecule has 0 saturated carbocycles. The van der Waals surface area contributed by atoms with Crippen LogP contribution in [0.2, 0.25) is 0 Å². The van der Waals surface area contributed by atoms with Gasteiger partial charge in [0, 0.05) is 42.5 Å². The first kappa shape index (κ1) is 15.2. The van der Waals surface area contributed by atoms with E-state index < -0.39 is 0 Å². The van der Waals surface area contributed by atoms with Crippen LogP contribution < -0.4 is 5.32 Å². The van der Waals surface area contributed by atoms with Crippen molar-refractivity contribution in [3.8, 4) is 0 Å². The first-order chi connectivity index (χ1) is 9.90. The lowest BCUT2D eigenvalue weighted by Crippen LogP contribution is -2.18. The molecule has 1 aromatic carbocycles. The van der Waals surface area contributed by atoms with Gasteiger partial charge in [0.05, 0.1) is 11.1 Å². The molecule has 1 atom stereocenters. The van der Waals surface area contributed by atoms with Crippen molar-refractivity contribution in [1.29, 1.82) is 0 Å². The van der Waals surface area contributed by atoms with Crippen molar-refractivity contribution in [3.63, 3.8) is 0 Å². The second-order valence-corrected chi connectivity index (χ2v) is 5.28. The van der Waals surface area contributed by atoms with E-state index in [1.165, 1.54) is 0 Å². The number of nitrogens with zero attached hydrogens (tertiary/aromatic N) is 3. The quantitative estimate of drug-likeness (QED) is 0.678. The summed E-state index contributed by atoms with van der Waals surface area (Å²) < 4.78 is 1.83. The normalized spacial score (nSPS) is 12.4. The molecule has 6 heteroatoms. The summed E-state index contributed by atoms with van der Waals surface area (Å²) in [5.74, 6) is 0. The summed E-state index contributed by atoms with van der Waals surface area (Å²) in [5.41, 5.74) is 4.00. The van der Waals surface area contributed by atoms with Crippen molar-refractivity contribution in [2.75, 3.05) is 0 Å². The molecule has 0 aliphatic carbocycles. The average molecular weight is 288 g/mol. The number of nitro groups is 1. The summed E-state index contributed by atoms with van der Waals surface area (Å²) in [6.07, 6.45) is 1.84. The topological polar surface area (TPSA) is 73.0 Å². The molecule has 0 bridgehead atoms. The number of aromatic nitrogens is 2. The summed E-state index contributed by atoms with van der Waals surface area (Å²) in [4.78, 5) is 10.7. The summed E-state index contributed by atoms with van der Waals surface area (Å²) in [5, 5.41) is 18.6. The fraction of sp³-hybridized carbons (Fsp3) is 0.400. The smallest absolute Gasteiger partial charge is 0.272 e. The minimum absolute atomic E-state index is 0.0314. The number of nitro benzene ring substituents is 1. The number of benzene rings is 1. The highest BCUT2D eigenvalue weighted by molar-refractivity contribution is 5.43. The van der Waals surface area contributed by atoms with Crippen LogP contribution in [0.5, 0.6) is 0 Å². The third-order valence-corrected chi connectivity index (χ3v) is 3.87. The van der Waals surface area contributed by atoms with Crippen molar-refractivity contribution >= 4 is 5.69 Å². The van der Waals surface area contributed by atoms with Gasteiger partial charge in [-0.2, -0.15) is 5.10 Å². The maximum absolute atomic E-state index is 11.0. The van der Waals surface area contributed by atoms with Gasteiger partial charge >= 0.3 is 0 Å². The molecule has 2 rings (SSSR count). The van der Waals surface area contributed by atoms with Gasteiger partial charge in [0.1, 0.15) is 0 Å². The second-order valence-electron chi connectivity index (χ2n) is 5.28. The van der Waals surface area contributed by atoms with Gasteiger partial charge in [-0.1, -0.05) is 12.1 Å². The largest absolute Gasteiger partial charge is 0.306 e. The molecule has 112 valence electrons. The Kier molecular flexibility index (Phi) is 4.37. The first-order valence-corrected chi connectivity index (χ1v) is 6.86. The molecule has 0 radical (unpaired) electrons. The molecule has 2 aromatic rings. The van der Waals surface area contributed by atoms with Crippen molar-refractivity contribution in [1.82, 2.24) is 15.1 Å². The predicted molar refractivity (Wildman–Crippen MR) is 81.0 cm³/mol. The van der Waals surface area contributed by atoms with Crippen LogP contribution in [0.25, 0.3) is 0 Å². The number of aryl methyl sites for hydroxylation is 2. The first-order valence-electron chi connectivity index (χ1n) is 6.86. The van der Waals surface area contributed by atoms with Gasteiger partial charge in [0.25, 0.3) is 5.69 Å². The second kappa shape index (κ2) is 6.05. The van der Waals surface area contributed by atoms with Crippen LogP contribution in [0.4, 0.5) is 5.69 Å². The van der Waals surface area contributed by atoms with Gasteiger partial charge in [-0.25, -0.2) is 0 Å². The van der Waals surface area contributed by atoms with Gasteiger partial charge in [-0.05, 0) is 26.3 Å². The van der Waals surface area contributed by atoms with Crippen molar-refractivity contribution in [2.24, 2.45) is 7.05 Å². The molecule has 1 unspecified atom stereocenters.